The molecule has 0 spiro atoms. The molecule has 1 aliphatic rings. The van der Waals surface area contributed by atoms with Crippen LogP contribution in [0.25, 0.3) is 0 Å². The van der Waals surface area contributed by atoms with E-state index in [-0.39, 0.29) is 43.6 Å². The average molecular weight is 443 g/mol. The van der Waals surface area contributed by atoms with Gasteiger partial charge in [0.25, 0.3) is 5.91 Å². The summed E-state index contributed by atoms with van der Waals surface area (Å²) < 4.78 is 67.5. The molecule has 0 unspecified atom stereocenters. The number of ether oxygens (including phenoxy) is 1. The molecule has 0 atom stereocenters. The summed E-state index contributed by atoms with van der Waals surface area (Å²) in [4.78, 5) is 18.1. The molecule has 2 aromatic rings. The van der Waals surface area contributed by atoms with Gasteiger partial charge in [-0.05, 0) is 29.8 Å². The first kappa shape index (κ1) is 22.2. The zero-order chi connectivity index (χ0) is 21.8. The van der Waals surface area contributed by atoms with Crippen LogP contribution in [-0.2, 0) is 21.4 Å². The van der Waals surface area contributed by atoms with Crippen molar-refractivity contribution in [3.8, 4) is 0 Å². The Kier molecular flexibility index (Phi) is 6.74. The fourth-order valence-electron chi connectivity index (χ4n) is 2.99. The Balaban J connectivity index is 1.55. The molecule has 1 aromatic heterocycles. The van der Waals surface area contributed by atoms with E-state index in [2.05, 4.69) is 9.72 Å². The highest BCUT2D eigenvalue weighted by atomic mass is 32.2. The van der Waals surface area contributed by atoms with E-state index in [0.717, 1.165) is 0 Å². The lowest BCUT2D eigenvalue weighted by atomic mass is 10.1. The van der Waals surface area contributed by atoms with Gasteiger partial charge in [-0.3, -0.25) is 9.78 Å². The number of carbonyl (C=O) groups excluding carboxylic acids is 1. The number of aromatic nitrogens is 1. The van der Waals surface area contributed by atoms with Crippen LogP contribution in [0, 0.1) is 0 Å². The van der Waals surface area contributed by atoms with Crippen LogP contribution in [0.1, 0.15) is 15.9 Å². The highest BCUT2D eigenvalue weighted by Gasteiger charge is 2.30. The first-order valence-electron chi connectivity index (χ1n) is 9.10. The van der Waals surface area contributed by atoms with Crippen LogP contribution in [0.3, 0.4) is 0 Å². The topological polar surface area (TPSA) is 79.8 Å². The fraction of sp³-hybridized carbons (Fsp3) is 0.368. The van der Waals surface area contributed by atoms with Gasteiger partial charge in [0.2, 0.25) is 10.0 Å². The van der Waals surface area contributed by atoms with Crippen LogP contribution >= 0.6 is 0 Å². The summed E-state index contributed by atoms with van der Waals surface area (Å²) in [5, 5.41) is 0. The number of amides is 1. The molecule has 2 heterocycles. The molecule has 7 nitrogen and oxygen atoms in total. The number of pyridine rings is 1. The summed E-state index contributed by atoms with van der Waals surface area (Å²) in [6.07, 6.45) is -1.61. The molecule has 1 fully saturated rings. The zero-order valence-electron chi connectivity index (χ0n) is 15.9. The monoisotopic (exact) mass is 443 g/mol. The number of hydrogen-bond donors (Lipinski definition) is 0. The van der Waals surface area contributed by atoms with Crippen molar-refractivity contribution in [3.05, 3.63) is 59.9 Å². The van der Waals surface area contributed by atoms with Crippen LogP contribution in [0.5, 0.6) is 0 Å². The molecule has 0 radical (unpaired) electrons. The normalized spacial score (nSPS) is 15.9. The number of piperazine rings is 1. The molecule has 0 bridgehead atoms. The van der Waals surface area contributed by atoms with E-state index in [1.54, 1.807) is 11.0 Å². The van der Waals surface area contributed by atoms with Gasteiger partial charge in [-0.15, -0.1) is 0 Å². The second-order valence-corrected chi connectivity index (χ2v) is 8.63. The molecule has 1 aliphatic heterocycles. The third-order valence-corrected chi connectivity index (χ3v) is 6.42. The van der Waals surface area contributed by atoms with Crippen LogP contribution in [-0.4, -0.2) is 67.5 Å². The van der Waals surface area contributed by atoms with Crippen LogP contribution in [0.4, 0.5) is 13.2 Å². The molecule has 11 heteroatoms. The number of alkyl halides is 3. The van der Waals surface area contributed by atoms with Crippen molar-refractivity contribution < 1.29 is 31.1 Å². The van der Waals surface area contributed by atoms with Crippen molar-refractivity contribution in [1.29, 1.82) is 0 Å². The Morgan fingerprint density at radius 2 is 1.73 bits per heavy atom. The molecule has 1 aromatic carbocycles. The second kappa shape index (κ2) is 9.11. The van der Waals surface area contributed by atoms with Gasteiger partial charge in [0, 0.05) is 44.1 Å². The van der Waals surface area contributed by atoms with Crippen LogP contribution < -0.4 is 0 Å². The van der Waals surface area contributed by atoms with Crippen molar-refractivity contribution in [2.45, 2.75) is 17.7 Å². The van der Waals surface area contributed by atoms with Crippen molar-refractivity contribution >= 4 is 15.9 Å². The van der Waals surface area contributed by atoms with E-state index in [1.807, 2.05) is 0 Å². The summed E-state index contributed by atoms with van der Waals surface area (Å²) >= 11 is 0. The maximum atomic E-state index is 12.7. The Hall–Kier alpha value is -2.50. The predicted molar refractivity (Wildman–Crippen MR) is 101 cm³/mol. The van der Waals surface area contributed by atoms with E-state index >= 15 is 0 Å². The second-order valence-electron chi connectivity index (χ2n) is 6.69. The number of hydrogen-bond acceptors (Lipinski definition) is 5. The maximum Gasteiger partial charge on any atom is 0.411 e. The van der Waals surface area contributed by atoms with Crippen molar-refractivity contribution in [1.82, 2.24) is 14.2 Å². The molecule has 1 amide bonds. The van der Waals surface area contributed by atoms with E-state index in [4.69, 9.17) is 0 Å². The first-order valence-corrected chi connectivity index (χ1v) is 10.5. The van der Waals surface area contributed by atoms with Gasteiger partial charge in [0.1, 0.15) is 11.5 Å². The highest BCUT2D eigenvalue weighted by molar-refractivity contribution is 7.89. The van der Waals surface area contributed by atoms with E-state index in [1.165, 1.54) is 47.0 Å². The van der Waals surface area contributed by atoms with Gasteiger partial charge in [0.05, 0.1) is 6.61 Å². The summed E-state index contributed by atoms with van der Waals surface area (Å²) in [6, 6.07) is 9.13. The molecule has 30 heavy (non-hydrogen) atoms. The van der Waals surface area contributed by atoms with E-state index in [0.29, 0.717) is 11.1 Å². The predicted octanol–water partition coefficient (Wildman–Crippen LogP) is 2.31. The van der Waals surface area contributed by atoms with Crippen molar-refractivity contribution in [2.75, 3.05) is 32.8 Å². The number of rotatable bonds is 6. The largest absolute Gasteiger partial charge is 0.411 e. The Labute approximate surface area is 172 Å². The summed E-state index contributed by atoms with van der Waals surface area (Å²) in [7, 11) is -3.66. The fourth-order valence-corrected chi connectivity index (χ4v) is 4.38. The number of carbonyl (C=O) groups is 1. The molecule has 162 valence electrons. The smallest absolute Gasteiger partial charge is 0.367 e. The molecular weight excluding hydrogens is 423 g/mol. The minimum atomic E-state index is -4.39. The standard InChI is InChI=1S/C19H20F3N3O4S/c20-19(21,22)14-29-13-15-3-5-16(6-4-15)18(26)24-8-10-25(11-9-24)30(27,28)17-2-1-7-23-12-17/h1-7,12H,8-11,13-14H2. The molecule has 0 saturated carbocycles. The molecule has 1 saturated heterocycles. The van der Waals surface area contributed by atoms with E-state index < -0.39 is 22.8 Å². The Morgan fingerprint density at radius 1 is 1.07 bits per heavy atom. The minimum Gasteiger partial charge on any atom is -0.367 e. The summed E-state index contributed by atoms with van der Waals surface area (Å²) in [6.45, 7) is -0.763. The van der Waals surface area contributed by atoms with Gasteiger partial charge in [-0.25, -0.2) is 8.42 Å². The molecule has 0 N–H and O–H groups in total. The van der Waals surface area contributed by atoms with Crippen molar-refractivity contribution in [3.63, 3.8) is 0 Å². The van der Waals surface area contributed by atoms with Crippen LogP contribution in [0.2, 0.25) is 0 Å². The van der Waals surface area contributed by atoms with Crippen molar-refractivity contribution in [2.24, 2.45) is 0 Å². The lowest BCUT2D eigenvalue weighted by molar-refractivity contribution is -0.176. The molecular formula is C19H20F3N3O4S. The van der Waals surface area contributed by atoms with E-state index in [9.17, 15) is 26.4 Å². The van der Waals surface area contributed by atoms with Gasteiger partial charge in [-0.2, -0.15) is 17.5 Å². The number of sulfonamides is 1. The van der Waals surface area contributed by atoms with Gasteiger partial charge < -0.3 is 9.64 Å². The summed E-state index contributed by atoms with van der Waals surface area (Å²) in [5.74, 6) is -0.267. The van der Waals surface area contributed by atoms with Gasteiger partial charge >= 0.3 is 6.18 Å². The van der Waals surface area contributed by atoms with Gasteiger partial charge in [-0.1, -0.05) is 12.1 Å². The maximum absolute atomic E-state index is 12.7. The third kappa shape index (κ3) is 5.55. The zero-order valence-corrected chi connectivity index (χ0v) is 16.7. The first-order chi connectivity index (χ1) is 14.2. The number of halogens is 3. The number of nitrogens with zero attached hydrogens (tertiary/aromatic N) is 3. The lowest BCUT2D eigenvalue weighted by Crippen LogP contribution is -2.50. The Bertz CT molecular complexity index is 959. The van der Waals surface area contributed by atoms with Crippen LogP contribution in [0.15, 0.2) is 53.7 Å². The quantitative estimate of drug-likeness (QED) is 0.685. The van der Waals surface area contributed by atoms with Gasteiger partial charge in [0.15, 0.2) is 0 Å². The average Bonchev–Trinajstić information content (AvgIpc) is 2.73. The molecule has 3 rings (SSSR count). The highest BCUT2D eigenvalue weighted by Crippen LogP contribution is 2.19. The molecule has 0 aliphatic carbocycles. The minimum absolute atomic E-state index is 0.105. The SMILES string of the molecule is O=C(c1ccc(COCC(F)(F)F)cc1)N1CCN(S(=O)(=O)c2cccnc2)CC1. The summed E-state index contributed by atoms with van der Waals surface area (Å²) in [5.41, 5.74) is 0.890. The number of benzene rings is 1. The Morgan fingerprint density at radius 3 is 2.30 bits per heavy atom. The lowest BCUT2D eigenvalue weighted by Gasteiger charge is -2.34. The third-order valence-electron chi connectivity index (χ3n) is 4.53.